The molecule has 0 spiro atoms. The van der Waals surface area contributed by atoms with Gasteiger partial charge in [-0.3, -0.25) is 9.59 Å². The van der Waals surface area contributed by atoms with Crippen LogP contribution in [-0.4, -0.2) is 114 Å². The van der Waals surface area contributed by atoms with Crippen molar-refractivity contribution in [3.63, 3.8) is 0 Å². The van der Waals surface area contributed by atoms with E-state index in [-0.39, 0.29) is 24.2 Å². The zero-order valence-electron chi connectivity index (χ0n) is 35.8. The SMILES string of the molecule is CO[C@H]1C(=O)[C@@]2(C)[C@H]([C@H](OC(=O)c3ccccc3)[C@]3(O)C[C@H](OC(=O)[C@H](O)[C@@H](NC(=O)OC(C)(C)C)c4ccccc4)C(C)=C1C3(C)C)[C@]1(OC(C)=O)CO[C@@H]1C[C@H]2OC. The van der Waals surface area contributed by atoms with Crippen LogP contribution in [-0.2, 0) is 47.5 Å². The summed E-state index contributed by atoms with van der Waals surface area (Å²) in [6, 6.07) is 15.1. The third kappa shape index (κ3) is 7.52. The van der Waals surface area contributed by atoms with E-state index in [0.29, 0.717) is 11.1 Å². The van der Waals surface area contributed by atoms with Crippen molar-refractivity contribution in [2.75, 3.05) is 20.8 Å². The summed E-state index contributed by atoms with van der Waals surface area (Å²) in [6.45, 7) is 12.7. The highest BCUT2D eigenvalue weighted by atomic mass is 16.6. The van der Waals surface area contributed by atoms with Gasteiger partial charge in [0, 0.05) is 39.4 Å². The van der Waals surface area contributed by atoms with E-state index in [1.165, 1.54) is 21.1 Å². The van der Waals surface area contributed by atoms with E-state index in [1.807, 2.05) is 0 Å². The molecule has 60 heavy (non-hydrogen) atoms. The Morgan fingerprint density at radius 2 is 1.55 bits per heavy atom. The van der Waals surface area contributed by atoms with Crippen molar-refractivity contribution >= 4 is 29.8 Å². The number of amides is 1. The molecule has 3 aliphatic carbocycles. The summed E-state index contributed by atoms with van der Waals surface area (Å²) in [4.78, 5) is 70.1. The molecule has 1 saturated heterocycles. The third-order valence-electron chi connectivity index (χ3n) is 13.0. The minimum atomic E-state index is -2.22. The highest BCUT2D eigenvalue weighted by Crippen LogP contribution is 2.64. The lowest BCUT2D eigenvalue weighted by atomic mass is 9.44. The lowest BCUT2D eigenvalue weighted by Crippen LogP contribution is -2.82. The lowest BCUT2D eigenvalue weighted by Gasteiger charge is -2.67. The standard InChI is InChI=1S/C45H57NO14/c1-24-28(57-39(51)33(48)32(26-17-13-11-14-18-26)46-40(52)60-41(3,4)5)22-45(53)37(58-38(50)27-19-15-12-16-20-27)35-43(8,36(49)34(55-10)31(24)42(45,6)7)29(54-9)21-30-44(35,23-56-30)59-25(2)47/h11-20,28-30,32-35,37,48,53H,21-23H2,1-10H3,(H,46,52)/t28-,29+,30+,32-,33+,34+,35-,37-,43+,44-,45+/m0/s1. The Hall–Kier alpha value is -4.67. The summed E-state index contributed by atoms with van der Waals surface area (Å²) < 4.78 is 42.4. The van der Waals surface area contributed by atoms with E-state index < -0.39 is 112 Å². The van der Waals surface area contributed by atoms with Gasteiger partial charge in [-0.15, -0.1) is 0 Å². The lowest BCUT2D eigenvalue weighted by molar-refractivity contribution is -0.347. The maximum absolute atomic E-state index is 15.5. The van der Waals surface area contributed by atoms with Crippen LogP contribution in [0.5, 0.6) is 0 Å². The number of nitrogens with one attached hydrogen (secondary N) is 1. The van der Waals surface area contributed by atoms with E-state index in [9.17, 15) is 29.4 Å². The Balaban J connectivity index is 1.52. The molecule has 2 aromatic carbocycles. The van der Waals surface area contributed by atoms with Crippen molar-refractivity contribution < 1.29 is 67.3 Å². The first-order chi connectivity index (χ1) is 28.1. The summed E-state index contributed by atoms with van der Waals surface area (Å²) >= 11 is 0. The molecule has 2 aromatic rings. The van der Waals surface area contributed by atoms with E-state index in [1.54, 1.807) is 109 Å². The van der Waals surface area contributed by atoms with Crippen LogP contribution in [0.2, 0.25) is 0 Å². The fourth-order valence-electron chi connectivity index (χ4n) is 10.1. The molecule has 0 aromatic heterocycles. The maximum atomic E-state index is 15.5. The normalized spacial score (nSPS) is 33.0. The van der Waals surface area contributed by atoms with E-state index >= 15 is 4.79 Å². The summed E-state index contributed by atoms with van der Waals surface area (Å²) in [7, 11) is 2.78. The van der Waals surface area contributed by atoms with Gasteiger partial charge >= 0.3 is 24.0 Å². The number of ketones is 1. The second-order valence-corrected chi connectivity index (χ2v) is 18.0. The van der Waals surface area contributed by atoms with Gasteiger partial charge < -0.3 is 48.7 Å². The Bertz CT molecular complexity index is 2010. The van der Waals surface area contributed by atoms with E-state index in [0.717, 1.165) is 0 Å². The van der Waals surface area contributed by atoms with Crippen molar-refractivity contribution in [3.8, 4) is 0 Å². The van der Waals surface area contributed by atoms with Crippen molar-refractivity contribution in [2.45, 2.75) is 128 Å². The molecule has 1 aliphatic heterocycles. The predicted octanol–water partition coefficient (Wildman–Crippen LogP) is 4.57. The topological polar surface area (TPSA) is 202 Å². The molecule has 1 amide bonds. The minimum absolute atomic E-state index is 0.121. The molecular weight excluding hydrogens is 778 g/mol. The predicted molar refractivity (Wildman–Crippen MR) is 213 cm³/mol. The quantitative estimate of drug-likeness (QED) is 0.171. The van der Waals surface area contributed by atoms with E-state index in [2.05, 4.69) is 5.32 Å². The van der Waals surface area contributed by atoms with Gasteiger partial charge in [-0.1, -0.05) is 62.4 Å². The minimum Gasteiger partial charge on any atom is -0.456 e. The number of aliphatic hydroxyl groups is 2. The second-order valence-electron chi connectivity index (χ2n) is 18.0. The van der Waals surface area contributed by atoms with Gasteiger partial charge in [0.05, 0.1) is 35.6 Å². The molecule has 2 bridgehead atoms. The highest BCUT2D eigenvalue weighted by molar-refractivity contribution is 5.94. The number of carbonyl (C=O) groups is 5. The summed E-state index contributed by atoms with van der Waals surface area (Å²) in [5.41, 5.74) is -6.72. The number of alkyl carbamates (subject to hydrolysis) is 1. The average Bonchev–Trinajstić information content (AvgIpc) is 3.18. The first-order valence-corrected chi connectivity index (χ1v) is 20.1. The largest absolute Gasteiger partial charge is 0.456 e. The van der Waals surface area contributed by atoms with Crippen LogP contribution < -0.4 is 5.32 Å². The third-order valence-corrected chi connectivity index (χ3v) is 13.0. The maximum Gasteiger partial charge on any atom is 0.408 e. The fraction of sp³-hybridized carbons (Fsp3) is 0.578. The van der Waals surface area contributed by atoms with Crippen molar-refractivity contribution in [2.24, 2.45) is 16.7 Å². The molecule has 4 aliphatic rings. The zero-order chi connectivity index (χ0) is 44.2. The zero-order valence-corrected chi connectivity index (χ0v) is 35.8. The second kappa shape index (κ2) is 16.3. The molecule has 3 N–H and O–H groups in total. The number of aliphatic hydroxyl groups excluding tert-OH is 1. The van der Waals surface area contributed by atoms with Crippen LogP contribution >= 0.6 is 0 Å². The van der Waals surface area contributed by atoms with Gasteiger partial charge in [0.15, 0.2) is 17.5 Å². The smallest absolute Gasteiger partial charge is 0.408 e. The van der Waals surface area contributed by atoms with Crippen molar-refractivity contribution in [1.82, 2.24) is 5.32 Å². The number of benzene rings is 2. The van der Waals surface area contributed by atoms with E-state index in [4.69, 9.17) is 33.2 Å². The Morgan fingerprint density at radius 3 is 2.08 bits per heavy atom. The molecule has 11 atom stereocenters. The van der Waals surface area contributed by atoms with Gasteiger partial charge in [-0.05, 0) is 63.5 Å². The van der Waals surface area contributed by atoms with Gasteiger partial charge in [-0.25, -0.2) is 14.4 Å². The van der Waals surface area contributed by atoms with Crippen LogP contribution in [0.1, 0.15) is 90.2 Å². The molecule has 0 radical (unpaired) electrons. The summed E-state index contributed by atoms with van der Waals surface area (Å²) in [6.07, 6.45) is -9.31. The molecule has 15 nitrogen and oxygen atoms in total. The first-order valence-electron chi connectivity index (χ1n) is 20.1. The average molecular weight is 836 g/mol. The number of esters is 3. The van der Waals surface area contributed by atoms with Gasteiger partial charge in [0.2, 0.25) is 0 Å². The molecule has 15 heteroatoms. The summed E-state index contributed by atoms with van der Waals surface area (Å²) in [5, 5.41) is 28.0. The Kier molecular flexibility index (Phi) is 12.2. The van der Waals surface area contributed by atoms with Gasteiger partial charge in [0.1, 0.15) is 35.6 Å². The molecule has 6 rings (SSSR count). The van der Waals surface area contributed by atoms with Gasteiger partial charge in [-0.2, -0.15) is 0 Å². The number of carbonyl (C=O) groups excluding carboxylic acids is 5. The Morgan fingerprint density at radius 1 is 0.933 bits per heavy atom. The molecule has 1 heterocycles. The van der Waals surface area contributed by atoms with Crippen LogP contribution in [0.4, 0.5) is 4.79 Å². The number of hydrogen-bond donors (Lipinski definition) is 3. The van der Waals surface area contributed by atoms with Crippen LogP contribution in [0.15, 0.2) is 71.8 Å². The summed E-state index contributed by atoms with van der Waals surface area (Å²) in [5.74, 6) is -4.52. The number of fused-ring (bicyclic) bond motifs is 5. The fourth-order valence-corrected chi connectivity index (χ4v) is 10.1. The molecule has 2 saturated carbocycles. The molecular formula is C45H57NO14. The monoisotopic (exact) mass is 835 g/mol. The Labute approximate surface area is 350 Å². The van der Waals surface area contributed by atoms with Crippen molar-refractivity contribution in [3.05, 3.63) is 82.9 Å². The first kappa shape index (κ1) is 44.9. The molecule has 326 valence electrons. The van der Waals surface area contributed by atoms with Gasteiger partial charge in [0.25, 0.3) is 0 Å². The molecule has 3 fully saturated rings. The highest BCUT2D eigenvalue weighted by Gasteiger charge is 2.78. The molecule has 0 unspecified atom stereocenters. The number of rotatable bonds is 10. The van der Waals surface area contributed by atoms with Crippen LogP contribution in [0, 0.1) is 16.7 Å². The number of methoxy groups -OCH3 is 2. The number of hydrogen-bond acceptors (Lipinski definition) is 14. The van der Waals surface area contributed by atoms with Crippen LogP contribution in [0.3, 0.4) is 0 Å². The van der Waals surface area contributed by atoms with Crippen LogP contribution in [0.25, 0.3) is 0 Å². The van der Waals surface area contributed by atoms with Crippen molar-refractivity contribution in [1.29, 1.82) is 0 Å². The number of ether oxygens (including phenoxy) is 7. The number of Topliss-reactive ketones (excluding diaryl/α,β-unsaturated/α-hetero) is 1.